The van der Waals surface area contributed by atoms with Gasteiger partial charge in [0, 0.05) is 13.1 Å². The molecule has 0 aromatic heterocycles. The molecule has 13 heavy (non-hydrogen) atoms. The molecule has 0 unspecified atom stereocenters. The van der Waals surface area contributed by atoms with Crippen LogP contribution in [0.4, 0.5) is 0 Å². The molecule has 0 radical (unpaired) electrons. The van der Waals surface area contributed by atoms with Crippen molar-refractivity contribution in [1.29, 1.82) is 0 Å². The highest BCUT2D eigenvalue weighted by molar-refractivity contribution is 5.77. The van der Waals surface area contributed by atoms with Gasteiger partial charge in [0.25, 0.3) is 0 Å². The molecule has 0 aromatic rings. The van der Waals surface area contributed by atoms with Gasteiger partial charge in [-0.1, -0.05) is 13.8 Å². The standard InChI is InChI=1S/C10H20N2O/c1-7(2)8-4-9(5-8)12-6-10(13)11-3/h7-9,12H,4-6H2,1-3H3,(H,11,13). The third kappa shape index (κ3) is 2.99. The van der Waals surface area contributed by atoms with Crippen LogP contribution in [0.25, 0.3) is 0 Å². The van der Waals surface area contributed by atoms with E-state index in [0.717, 1.165) is 11.8 Å². The fraction of sp³-hybridized carbons (Fsp3) is 0.900. The van der Waals surface area contributed by atoms with Crippen LogP contribution < -0.4 is 10.6 Å². The van der Waals surface area contributed by atoms with Crippen LogP contribution in [0.2, 0.25) is 0 Å². The first-order valence-corrected chi connectivity index (χ1v) is 5.07. The first kappa shape index (κ1) is 10.5. The highest BCUT2D eigenvalue weighted by Crippen LogP contribution is 2.33. The van der Waals surface area contributed by atoms with Crippen molar-refractivity contribution in [1.82, 2.24) is 10.6 Å². The van der Waals surface area contributed by atoms with Crippen LogP contribution >= 0.6 is 0 Å². The fourth-order valence-corrected chi connectivity index (χ4v) is 1.70. The Labute approximate surface area is 80.3 Å². The molecule has 0 heterocycles. The minimum atomic E-state index is 0.0768. The molecule has 1 fully saturated rings. The van der Waals surface area contributed by atoms with Gasteiger partial charge in [0.05, 0.1) is 6.54 Å². The lowest BCUT2D eigenvalue weighted by Crippen LogP contribution is -2.46. The molecule has 2 N–H and O–H groups in total. The summed E-state index contributed by atoms with van der Waals surface area (Å²) in [6.07, 6.45) is 2.46. The number of hydrogen-bond acceptors (Lipinski definition) is 2. The van der Waals surface area contributed by atoms with Crippen molar-refractivity contribution >= 4 is 5.91 Å². The number of nitrogens with one attached hydrogen (secondary N) is 2. The normalized spacial score (nSPS) is 27.1. The number of amides is 1. The average Bonchev–Trinajstić information content (AvgIpc) is 2.00. The zero-order chi connectivity index (χ0) is 9.84. The quantitative estimate of drug-likeness (QED) is 0.677. The van der Waals surface area contributed by atoms with Crippen molar-refractivity contribution in [2.24, 2.45) is 11.8 Å². The molecular weight excluding hydrogens is 164 g/mol. The van der Waals surface area contributed by atoms with E-state index >= 15 is 0 Å². The van der Waals surface area contributed by atoms with E-state index in [-0.39, 0.29) is 5.91 Å². The Morgan fingerprint density at radius 3 is 2.54 bits per heavy atom. The largest absolute Gasteiger partial charge is 0.358 e. The van der Waals surface area contributed by atoms with Gasteiger partial charge in [-0.3, -0.25) is 4.79 Å². The third-order valence-corrected chi connectivity index (χ3v) is 2.95. The van der Waals surface area contributed by atoms with Crippen LogP contribution in [0.1, 0.15) is 26.7 Å². The van der Waals surface area contributed by atoms with Crippen molar-refractivity contribution in [2.45, 2.75) is 32.7 Å². The third-order valence-electron chi connectivity index (χ3n) is 2.95. The molecule has 0 aromatic carbocycles. The van der Waals surface area contributed by atoms with Gasteiger partial charge in [-0.25, -0.2) is 0 Å². The topological polar surface area (TPSA) is 41.1 Å². The Balaban J connectivity index is 2.05. The molecule has 1 amide bonds. The van der Waals surface area contributed by atoms with Gasteiger partial charge in [0.15, 0.2) is 0 Å². The van der Waals surface area contributed by atoms with Crippen molar-refractivity contribution in [3.8, 4) is 0 Å². The molecule has 0 saturated heterocycles. The van der Waals surface area contributed by atoms with E-state index in [1.165, 1.54) is 12.8 Å². The van der Waals surface area contributed by atoms with Gasteiger partial charge in [-0.15, -0.1) is 0 Å². The Morgan fingerprint density at radius 1 is 1.46 bits per heavy atom. The summed E-state index contributed by atoms with van der Waals surface area (Å²) in [5, 5.41) is 5.84. The Bertz CT molecular complexity index is 174. The predicted molar refractivity (Wildman–Crippen MR) is 53.4 cm³/mol. The van der Waals surface area contributed by atoms with Crippen LogP contribution in [0, 0.1) is 11.8 Å². The van der Waals surface area contributed by atoms with Crippen molar-refractivity contribution in [3.63, 3.8) is 0 Å². The van der Waals surface area contributed by atoms with Crippen LogP contribution in [0.5, 0.6) is 0 Å². The van der Waals surface area contributed by atoms with Crippen molar-refractivity contribution in [2.75, 3.05) is 13.6 Å². The fourth-order valence-electron chi connectivity index (χ4n) is 1.70. The number of likely N-dealkylation sites (N-methyl/N-ethyl adjacent to an activating group) is 1. The van der Waals surface area contributed by atoms with Gasteiger partial charge in [-0.05, 0) is 24.7 Å². The van der Waals surface area contributed by atoms with E-state index in [2.05, 4.69) is 24.5 Å². The number of carbonyl (C=O) groups excluding carboxylic acids is 1. The van der Waals surface area contributed by atoms with Gasteiger partial charge in [0.2, 0.25) is 5.91 Å². The highest BCUT2D eigenvalue weighted by Gasteiger charge is 2.30. The van der Waals surface area contributed by atoms with Crippen LogP contribution in [0.3, 0.4) is 0 Å². The molecular formula is C10H20N2O. The molecule has 1 saturated carbocycles. The lowest BCUT2D eigenvalue weighted by molar-refractivity contribution is -0.120. The zero-order valence-corrected chi connectivity index (χ0v) is 8.76. The summed E-state index contributed by atoms with van der Waals surface area (Å²) in [6, 6.07) is 0.574. The van der Waals surface area contributed by atoms with E-state index < -0.39 is 0 Å². The Kier molecular flexibility index (Phi) is 3.72. The summed E-state index contributed by atoms with van der Waals surface area (Å²) < 4.78 is 0. The minimum absolute atomic E-state index is 0.0768. The van der Waals surface area contributed by atoms with E-state index in [1.54, 1.807) is 7.05 Å². The van der Waals surface area contributed by atoms with E-state index in [9.17, 15) is 4.79 Å². The molecule has 1 rings (SSSR count). The average molecular weight is 184 g/mol. The predicted octanol–water partition coefficient (Wildman–Crippen LogP) is 0.757. The maximum absolute atomic E-state index is 10.9. The summed E-state index contributed by atoms with van der Waals surface area (Å²) in [6.45, 7) is 4.99. The smallest absolute Gasteiger partial charge is 0.233 e. The second-order valence-corrected chi connectivity index (χ2v) is 4.23. The summed E-state index contributed by atoms with van der Waals surface area (Å²) in [7, 11) is 1.67. The van der Waals surface area contributed by atoms with Crippen LogP contribution in [-0.4, -0.2) is 25.5 Å². The molecule has 1 aliphatic rings. The summed E-state index contributed by atoms with van der Waals surface area (Å²) in [4.78, 5) is 10.9. The minimum Gasteiger partial charge on any atom is -0.358 e. The first-order chi connectivity index (χ1) is 6.13. The molecule has 76 valence electrons. The maximum atomic E-state index is 10.9. The van der Waals surface area contributed by atoms with Gasteiger partial charge in [-0.2, -0.15) is 0 Å². The monoisotopic (exact) mass is 184 g/mol. The maximum Gasteiger partial charge on any atom is 0.233 e. The van der Waals surface area contributed by atoms with E-state index in [0.29, 0.717) is 12.6 Å². The number of rotatable bonds is 4. The lowest BCUT2D eigenvalue weighted by Gasteiger charge is -2.38. The zero-order valence-electron chi connectivity index (χ0n) is 8.76. The SMILES string of the molecule is CNC(=O)CNC1CC(C(C)C)C1. The van der Waals surface area contributed by atoms with Gasteiger partial charge < -0.3 is 10.6 Å². The molecule has 3 nitrogen and oxygen atoms in total. The first-order valence-electron chi connectivity index (χ1n) is 5.07. The number of hydrogen-bond donors (Lipinski definition) is 2. The van der Waals surface area contributed by atoms with Crippen LogP contribution in [0.15, 0.2) is 0 Å². The molecule has 0 spiro atoms. The van der Waals surface area contributed by atoms with E-state index in [1.807, 2.05) is 0 Å². The second-order valence-electron chi connectivity index (χ2n) is 4.23. The van der Waals surface area contributed by atoms with E-state index in [4.69, 9.17) is 0 Å². The number of carbonyl (C=O) groups is 1. The van der Waals surface area contributed by atoms with Crippen LogP contribution in [-0.2, 0) is 4.79 Å². The molecule has 0 aliphatic heterocycles. The van der Waals surface area contributed by atoms with Crippen molar-refractivity contribution < 1.29 is 4.79 Å². The van der Waals surface area contributed by atoms with Crippen molar-refractivity contribution in [3.05, 3.63) is 0 Å². The molecule has 0 bridgehead atoms. The van der Waals surface area contributed by atoms with Gasteiger partial charge >= 0.3 is 0 Å². The summed E-state index contributed by atoms with van der Waals surface area (Å²) in [5.74, 6) is 1.73. The second kappa shape index (κ2) is 4.61. The summed E-state index contributed by atoms with van der Waals surface area (Å²) >= 11 is 0. The molecule has 3 heteroatoms. The molecule has 0 atom stereocenters. The Hall–Kier alpha value is -0.570. The Morgan fingerprint density at radius 2 is 2.08 bits per heavy atom. The summed E-state index contributed by atoms with van der Waals surface area (Å²) in [5.41, 5.74) is 0. The lowest BCUT2D eigenvalue weighted by atomic mass is 9.74. The highest BCUT2D eigenvalue weighted by atomic mass is 16.1. The molecule has 1 aliphatic carbocycles. The van der Waals surface area contributed by atoms with Gasteiger partial charge in [0.1, 0.15) is 0 Å².